The van der Waals surface area contributed by atoms with Gasteiger partial charge in [-0.05, 0) is 39.6 Å². The summed E-state index contributed by atoms with van der Waals surface area (Å²) in [7, 11) is 2.45. The van der Waals surface area contributed by atoms with Crippen molar-refractivity contribution >= 4 is 31.2 Å². The molecule has 0 fully saturated rings. The van der Waals surface area contributed by atoms with Gasteiger partial charge in [0.25, 0.3) is 5.91 Å². The Labute approximate surface area is 87.7 Å². The van der Waals surface area contributed by atoms with E-state index in [1.165, 1.54) is 0 Å². The molecule has 1 unspecified atom stereocenters. The van der Waals surface area contributed by atoms with E-state index in [9.17, 15) is 4.79 Å². The Kier molecular flexibility index (Phi) is 2.39. The lowest BCUT2D eigenvalue weighted by molar-refractivity contribution is 0.0859. The van der Waals surface area contributed by atoms with E-state index in [-0.39, 0.29) is 5.91 Å². The van der Waals surface area contributed by atoms with Crippen LogP contribution in [0.15, 0.2) is 22.7 Å². The van der Waals surface area contributed by atoms with Gasteiger partial charge < -0.3 is 4.67 Å². The maximum atomic E-state index is 11.6. The lowest BCUT2D eigenvalue weighted by atomic mass is 10.0. The molecule has 0 bridgehead atoms. The first-order valence-electron chi connectivity index (χ1n) is 4.03. The van der Waals surface area contributed by atoms with Gasteiger partial charge in [0, 0.05) is 16.6 Å². The van der Waals surface area contributed by atoms with E-state index in [1.54, 1.807) is 4.67 Å². The number of carbonyl (C=O) groups excluding carboxylic acids is 1. The number of benzene rings is 1. The summed E-state index contributed by atoms with van der Waals surface area (Å²) < 4.78 is 2.72. The van der Waals surface area contributed by atoms with Gasteiger partial charge in [-0.15, -0.1) is 0 Å². The van der Waals surface area contributed by atoms with Crippen molar-refractivity contribution in [2.24, 2.45) is 0 Å². The van der Waals surface area contributed by atoms with Gasteiger partial charge in [-0.25, -0.2) is 0 Å². The summed E-state index contributed by atoms with van der Waals surface area (Å²) in [6, 6.07) is 5.80. The number of amides is 1. The van der Waals surface area contributed by atoms with E-state index in [4.69, 9.17) is 0 Å². The maximum absolute atomic E-state index is 11.6. The van der Waals surface area contributed by atoms with Crippen LogP contribution in [-0.4, -0.2) is 17.1 Å². The second-order valence-corrected chi connectivity index (χ2v) is 4.59. The fourth-order valence-corrected chi connectivity index (χ4v) is 2.15. The molecule has 4 heteroatoms. The van der Waals surface area contributed by atoms with Crippen molar-refractivity contribution in [3.05, 3.63) is 33.8 Å². The lowest BCUT2D eigenvalue weighted by Gasteiger charge is -2.24. The molecule has 1 aromatic carbocycles. The summed E-state index contributed by atoms with van der Waals surface area (Å²) in [5.41, 5.74) is 1.96. The SMILES string of the molecule is O=C1c2ccc(Br)cc2CCN1P. The first-order valence-corrected chi connectivity index (χ1v) is 5.34. The van der Waals surface area contributed by atoms with Crippen LogP contribution in [0.2, 0.25) is 0 Å². The quantitative estimate of drug-likeness (QED) is 0.653. The van der Waals surface area contributed by atoms with E-state index in [0.29, 0.717) is 0 Å². The predicted molar refractivity (Wildman–Crippen MR) is 58.6 cm³/mol. The third-order valence-electron chi connectivity index (χ3n) is 2.18. The molecule has 0 aliphatic carbocycles. The number of carbonyl (C=O) groups is 1. The van der Waals surface area contributed by atoms with E-state index < -0.39 is 0 Å². The Hall–Kier alpha value is -0.400. The number of hydrogen-bond donors (Lipinski definition) is 0. The molecular formula is C9H9BrNOP. The van der Waals surface area contributed by atoms with Gasteiger partial charge in [-0.2, -0.15) is 0 Å². The van der Waals surface area contributed by atoms with Crippen LogP contribution >= 0.6 is 25.3 Å². The molecular weight excluding hydrogens is 249 g/mol. The van der Waals surface area contributed by atoms with Crippen molar-refractivity contribution in [2.45, 2.75) is 6.42 Å². The number of rotatable bonds is 0. The van der Waals surface area contributed by atoms with Crippen molar-refractivity contribution in [1.82, 2.24) is 4.67 Å². The van der Waals surface area contributed by atoms with Gasteiger partial charge >= 0.3 is 0 Å². The molecule has 0 radical (unpaired) electrons. The Balaban J connectivity index is 2.50. The molecule has 0 spiro atoms. The Morgan fingerprint density at radius 1 is 1.46 bits per heavy atom. The summed E-state index contributed by atoms with van der Waals surface area (Å²) in [6.45, 7) is 0.785. The third-order valence-corrected chi connectivity index (χ3v) is 3.17. The molecule has 1 aliphatic heterocycles. The molecule has 1 atom stereocenters. The fourth-order valence-electron chi connectivity index (χ4n) is 1.47. The molecule has 0 N–H and O–H groups in total. The second kappa shape index (κ2) is 3.39. The predicted octanol–water partition coefficient (Wildman–Crippen LogP) is 2.24. The lowest BCUT2D eigenvalue weighted by Crippen LogP contribution is -2.29. The Morgan fingerprint density at radius 2 is 2.23 bits per heavy atom. The van der Waals surface area contributed by atoms with Crippen LogP contribution < -0.4 is 0 Å². The zero-order valence-corrected chi connectivity index (χ0v) is 9.70. The Morgan fingerprint density at radius 3 is 3.00 bits per heavy atom. The van der Waals surface area contributed by atoms with E-state index >= 15 is 0 Å². The standard InChI is InChI=1S/C9H9BrNOP/c10-7-1-2-8-6(5-7)3-4-11(13)9(8)12/h1-2,5H,3-4,13H2. The largest absolute Gasteiger partial charge is 0.323 e. The average molecular weight is 258 g/mol. The third kappa shape index (κ3) is 1.63. The first kappa shape index (κ1) is 9.17. The number of fused-ring (bicyclic) bond motifs is 1. The van der Waals surface area contributed by atoms with Gasteiger partial charge in [-0.3, -0.25) is 4.79 Å². The molecule has 0 saturated carbocycles. The van der Waals surface area contributed by atoms with Gasteiger partial charge in [0.05, 0.1) is 0 Å². The monoisotopic (exact) mass is 257 g/mol. The van der Waals surface area contributed by atoms with E-state index in [1.807, 2.05) is 18.2 Å². The van der Waals surface area contributed by atoms with Crippen molar-refractivity contribution in [2.75, 3.05) is 6.54 Å². The summed E-state index contributed by atoms with van der Waals surface area (Å²) >= 11 is 3.40. The molecule has 2 rings (SSSR count). The van der Waals surface area contributed by atoms with Crippen molar-refractivity contribution in [3.8, 4) is 0 Å². The average Bonchev–Trinajstić information content (AvgIpc) is 2.12. The molecule has 2 nitrogen and oxygen atoms in total. The van der Waals surface area contributed by atoms with Crippen LogP contribution in [0.5, 0.6) is 0 Å². The zero-order chi connectivity index (χ0) is 9.42. The van der Waals surface area contributed by atoms with Gasteiger partial charge in [0.2, 0.25) is 0 Å². The zero-order valence-electron chi connectivity index (χ0n) is 6.96. The van der Waals surface area contributed by atoms with Gasteiger partial charge in [0.1, 0.15) is 0 Å². The normalized spacial score (nSPS) is 15.8. The minimum atomic E-state index is 0.0961. The highest BCUT2D eigenvalue weighted by Crippen LogP contribution is 2.24. The van der Waals surface area contributed by atoms with Gasteiger partial charge in [-0.1, -0.05) is 15.9 Å². The highest BCUT2D eigenvalue weighted by molar-refractivity contribution is 9.10. The minimum Gasteiger partial charge on any atom is -0.323 e. The fraction of sp³-hybridized carbons (Fsp3) is 0.222. The first-order chi connectivity index (χ1) is 6.18. The molecule has 0 saturated heterocycles. The van der Waals surface area contributed by atoms with Crippen LogP contribution in [0, 0.1) is 0 Å². The van der Waals surface area contributed by atoms with Crippen molar-refractivity contribution in [3.63, 3.8) is 0 Å². The topological polar surface area (TPSA) is 20.3 Å². The van der Waals surface area contributed by atoms with Crippen LogP contribution in [0.1, 0.15) is 15.9 Å². The molecule has 1 aromatic rings. The molecule has 1 amide bonds. The van der Waals surface area contributed by atoms with Crippen LogP contribution in [0.3, 0.4) is 0 Å². The molecule has 0 aromatic heterocycles. The summed E-state index contributed by atoms with van der Waals surface area (Å²) in [6.07, 6.45) is 0.935. The Bertz CT molecular complexity index is 367. The highest BCUT2D eigenvalue weighted by Gasteiger charge is 2.20. The van der Waals surface area contributed by atoms with Crippen LogP contribution in [0.4, 0.5) is 0 Å². The minimum absolute atomic E-state index is 0.0961. The van der Waals surface area contributed by atoms with Crippen LogP contribution in [-0.2, 0) is 6.42 Å². The van der Waals surface area contributed by atoms with Gasteiger partial charge in [0.15, 0.2) is 0 Å². The summed E-state index contributed by atoms with van der Waals surface area (Å²) in [5, 5.41) is 0. The van der Waals surface area contributed by atoms with E-state index in [2.05, 4.69) is 25.3 Å². The van der Waals surface area contributed by atoms with Crippen LogP contribution in [0.25, 0.3) is 0 Å². The highest BCUT2D eigenvalue weighted by atomic mass is 79.9. The number of nitrogens with zero attached hydrogens (tertiary/aromatic N) is 1. The molecule has 1 heterocycles. The summed E-state index contributed by atoms with van der Waals surface area (Å²) in [5.74, 6) is 0.0961. The van der Waals surface area contributed by atoms with Crippen molar-refractivity contribution in [1.29, 1.82) is 0 Å². The molecule has 68 valence electrons. The van der Waals surface area contributed by atoms with E-state index in [0.717, 1.165) is 28.6 Å². The maximum Gasteiger partial charge on any atom is 0.256 e. The molecule has 13 heavy (non-hydrogen) atoms. The molecule has 1 aliphatic rings. The second-order valence-electron chi connectivity index (χ2n) is 3.05. The number of hydrogen-bond acceptors (Lipinski definition) is 1. The summed E-state index contributed by atoms with van der Waals surface area (Å²) in [4.78, 5) is 11.6. The van der Waals surface area contributed by atoms with Crippen molar-refractivity contribution < 1.29 is 4.79 Å². The number of halogens is 1. The smallest absolute Gasteiger partial charge is 0.256 e.